The normalized spacial score (nSPS) is 16.2. The summed E-state index contributed by atoms with van der Waals surface area (Å²) >= 11 is 0. The van der Waals surface area contributed by atoms with Crippen LogP contribution in [0, 0.1) is 5.92 Å². The van der Waals surface area contributed by atoms with Gasteiger partial charge in [-0.05, 0) is 43.9 Å². The zero-order chi connectivity index (χ0) is 16.8. The van der Waals surface area contributed by atoms with Crippen LogP contribution in [-0.4, -0.2) is 35.8 Å². The molecule has 6 heteroatoms. The fourth-order valence-corrected chi connectivity index (χ4v) is 2.63. The van der Waals surface area contributed by atoms with Crippen LogP contribution in [0.25, 0.3) is 0 Å². The van der Waals surface area contributed by atoms with Crippen molar-refractivity contribution < 1.29 is 9.59 Å². The van der Waals surface area contributed by atoms with E-state index < -0.39 is 0 Å². The van der Waals surface area contributed by atoms with Gasteiger partial charge in [-0.3, -0.25) is 9.59 Å². The number of hydrogen-bond donors (Lipinski definition) is 2. The molecule has 24 heavy (non-hydrogen) atoms. The van der Waals surface area contributed by atoms with E-state index in [9.17, 15) is 9.59 Å². The molecule has 2 rings (SSSR count). The number of nitrogens with two attached hydrogens (primary N) is 1. The lowest BCUT2D eigenvalue weighted by Crippen LogP contribution is -2.34. The fraction of sp³-hybridized carbons (Fsp3) is 0.556. The van der Waals surface area contributed by atoms with E-state index in [0.29, 0.717) is 6.42 Å². The van der Waals surface area contributed by atoms with E-state index in [2.05, 4.69) is 5.32 Å². The molecule has 1 heterocycles. The molecule has 0 spiro atoms. The lowest BCUT2D eigenvalue weighted by atomic mass is 10.0. The molecule has 5 nitrogen and oxygen atoms in total. The molecule has 1 aromatic rings. The number of rotatable bonds is 6. The molecule has 1 saturated heterocycles. The van der Waals surface area contributed by atoms with Crippen molar-refractivity contribution in [3.63, 3.8) is 0 Å². The molecule has 1 fully saturated rings. The molecule has 0 aromatic heterocycles. The van der Waals surface area contributed by atoms with Crippen molar-refractivity contribution in [2.75, 3.05) is 18.4 Å². The van der Waals surface area contributed by atoms with Crippen molar-refractivity contribution in [2.45, 2.75) is 45.6 Å². The topological polar surface area (TPSA) is 75.4 Å². The Morgan fingerprint density at radius 1 is 1.17 bits per heavy atom. The molecular weight excluding hydrogens is 326 g/mol. The standard InChI is InChI=1S/C18H27N3O2.ClH/c1-13(14(2)19)18(23)20-16-8-5-15(6-9-16)7-10-17(22)21-11-3-4-12-21;/h5-6,8-9,13-14H,3-4,7,10-12,19H2,1-2H3,(H,20,23);1H. The summed E-state index contributed by atoms with van der Waals surface area (Å²) in [5.74, 6) is -0.0599. The number of benzene rings is 1. The highest BCUT2D eigenvalue weighted by molar-refractivity contribution is 5.92. The van der Waals surface area contributed by atoms with Crippen molar-refractivity contribution in [3.05, 3.63) is 29.8 Å². The average Bonchev–Trinajstić information content (AvgIpc) is 3.07. The molecule has 2 amide bonds. The lowest BCUT2D eigenvalue weighted by molar-refractivity contribution is -0.130. The Bertz CT molecular complexity index is 540. The van der Waals surface area contributed by atoms with Gasteiger partial charge < -0.3 is 16.0 Å². The van der Waals surface area contributed by atoms with E-state index in [1.807, 2.05) is 43.0 Å². The van der Waals surface area contributed by atoms with Crippen LogP contribution in [0.4, 0.5) is 5.69 Å². The first-order chi connectivity index (χ1) is 11.0. The van der Waals surface area contributed by atoms with Gasteiger partial charge in [0.2, 0.25) is 11.8 Å². The number of anilines is 1. The Hall–Kier alpha value is -1.59. The zero-order valence-electron chi connectivity index (χ0n) is 14.5. The number of halogens is 1. The van der Waals surface area contributed by atoms with Crippen molar-refractivity contribution in [1.29, 1.82) is 0 Å². The predicted molar refractivity (Wildman–Crippen MR) is 99.3 cm³/mol. The van der Waals surface area contributed by atoms with Crippen LogP contribution >= 0.6 is 12.4 Å². The maximum absolute atomic E-state index is 12.0. The van der Waals surface area contributed by atoms with Crippen LogP contribution in [0.3, 0.4) is 0 Å². The van der Waals surface area contributed by atoms with E-state index in [4.69, 9.17) is 5.73 Å². The van der Waals surface area contributed by atoms with Crippen LogP contribution in [0.15, 0.2) is 24.3 Å². The molecule has 0 aliphatic carbocycles. The second-order valence-corrected chi connectivity index (χ2v) is 6.42. The summed E-state index contributed by atoms with van der Waals surface area (Å²) in [5, 5.41) is 2.87. The second kappa shape index (κ2) is 9.64. The van der Waals surface area contributed by atoms with Crippen molar-refractivity contribution in [3.8, 4) is 0 Å². The van der Waals surface area contributed by atoms with Gasteiger partial charge in [0.05, 0.1) is 5.92 Å². The molecule has 0 bridgehead atoms. The molecule has 1 aromatic carbocycles. The minimum absolute atomic E-state index is 0. The fourth-order valence-electron chi connectivity index (χ4n) is 2.63. The third kappa shape index (κ3) is 5.80. The summed E-state index contributed by atoms with van der Waals surface area (Å²) in [5.41, 5.74) is 7.61. The summed E-state index contributed by atoms with van der Waals surface area (Å²) in [4.78, 5) is 25.9. The minimum atomic E-state index is -0.229. The van der Waals surface area contributed by atoms with Gasteiger partial charge in [0.15, 0.2) is 0 Å². The quantitative estimate of drug-likeness (QED) is 0.825. The molecule has 1 aliphatic rings. The Morgan fingerprint density at radius 2 is 1.75 bits per heavy atom. The first kappa shape index (κ1) is 20.5. The van der Waals surface area contributed by atoms with E-state index in [1.54, 1.807) is 0 Å². The number of likely N-dealkylation sites (tertiary alicyclic amines) is 1. The highest BCUT2D eigenvalue weighted by Gasteiger charge is 2.18. The van der Waals surface area contributed by atoms with E-state index >= 15 is 0 Å². The number of nitrogens with one attached hydrogen (secondary N) is 1. The monoisotopic (exact) mass is 353 g/mol. The molecule has 3 N–H and O–H groups in total. The van der Waals surface area contributed by atoms with Gasteiger partial charge in [0.25, 0.3) is 0 Å². The maximum Gasteiger partial charge on any atom is 0.228 e. The van der Waals surface area contributed by atoms with Crippen molar-refractivity contribution in [2.24, 2.45) is 11.7 Å². The van der Waals surface area contributed by atoms with Gasteiger partial charge in [-0.25, -0.2) is 0 Å². The Morgan fingerprint density at radius 3 is 2.29 bits per heavy atom. The number of nitrogens with zero attached hydrogens (tertiary/aromatic N) is 1. The highest BCUT2D eigenvalue weighted by atomic mass is 35.5. The number of amides is 2. The molecule has 1 aliphatic heterocycles. The minimum Gasteiger partial charge on any atom is -0.343 e. The number of carbonyl (C=O) groups is 2. The van der Waals surface area contributed by atoms with Crippen LogP contribution in [-0.2, 0) is 16.0 Å². The number of hydrogen-bond acceptors (Lipinski definition) is 3. The van der Waals surface area contributed by atoms with Crippen LogP contribution in [0.5, 0.6) is 0 Å². The summed E-state index contributed by atoms with van der Waals surface area (Å²) < 4.78 is 0. The van der Waals surface area contributed by atoms with Crippen molar-refractivity contribution >= 4 is 29.9 Å². The third-order valence-electron chi connectivity index (χ3n) is 4.51. The van der Waals surface area contributed by atoms with E-state index in [1.165, 1.54) is 0 Å². The SMILES string of the molecule is CC(N)C(C)C(=O)Nc1ccc(CCC(=O)N2CCCC2)cc1.Cl. The molecule has 0 radical (unpaired) electrons. The Kier molecular flexibility index (Phi) is 8.22. The van der Waals surface area contributed by atoms with Gasteiger partial charge in [-0.2, -0.15) is 0 Å². The first-order valence-corrected chi connectivity index (χ1v) is 8.40. The Labute approximate surface area is 150 Å². The molecule has 134 valence electrons. The van der Waals surface area contributed by atoms with Gasteiger partial charge in [0.1, 0.15) is 0 Å². The summed E-state index contributed by atoms with van der Waals surface area (Å²) in [6.07, 6.45) is 3.53. The highest BCUT2D eigenvalue weighted by Crippen LogP contribution is 2.15. The summed E-state index contributed by atoms with van der Waals surface area (Å²) in [6, 6.07) is 7.50. The van der Waals surface area contributed by atoms with Crippen molar-refractivity contribution in [1.82, 2.24) is 4.90 Å². The number of carbonyl (C=O) groups excluding carboxylic acids is 2. The molecule has 2 unspecified atom stereocenters. The zero-order valence-corrected chi connectivity index (χ0v) is 15.3. The average molecular weight is 354 g/mol. The predicted octanol–water partition coefficient (Wildman–Crippen LogP) is 2.59. The largest absolute Gasteiger partial charge is 0.343 e. The van der Waals surface area contributed by atoms with E-state index in [0.717, 1.165) is 43.6 Å². The van der Waals surface area contributed by atoms with Gasteiger partial charge in [-0.1, -0.05) is 19.1 Å². The lowest BCUT2D eigenvalue weighted by Gasteiger charge is -2.16. The molecular formula is C18H28ClN3O2. The van der Waals surface area contributed by atoms with Crippen LogP contribution in [0.1, 0.15) is 38.7 Å². The molecule has 0 saturated carbocycles. The van der Waals surface area contributed by atoms with Gasteiger partial charge in [0, 0.05) is 31.2 Å². The maximum atomic E-state index is 12.0. The van der Waals surface area contributed by atoms with Crippen LogP contribution < -0.4 is 11.1 Å². The Balaban J connectivity index is 0.00000288. The number of aryl methyl sites for hydroxylation is 1. The summed E-state index contributed by atoms with van der Waals surface area (Å²) in [6.45, 7) is 5.45. The smallest absolute Gasteiger partial charge is 0.228 e. The summed E-state index contributed by atoms with van der Waals surface area (Å²) in [7, 11) is 0. The van der Waals surface area contributed by atoms with Crippen LogP contribution in [0.2, 0.25) is 0 Å². The van der Waals surface area contributed by atoms with Gasteiger partial charge >= 0.3 is 0 Å². The first-order valence-electron chi connectivity index (χ1n) is 8.40. The molecule has 2 atom stereocenters. The van der Waals surface area contributed by atoms with E-state index in [-0.39, 0.29) is 36.2 Å². The second-order valence-electron chi connectivity index (χ2n) is 6.42. The van der Waals surface area contributed by atoms with Gasteiger partial charge in [-0.15, -0.1) is 12.4 Å². The third-order valence-corrected chi connectivity index (χ3v) is 4.51.